The average molecular weight is 593 g/mol. The van der Waals surface area contributed by atoms with Gasteiger partial charge in [0, 0.05) is 12.3 Å². The van der Waals surface area contributed by atoms with Gasteiger partial charge >= 0.3 is 5.69 Å². The van der Waals surface area contributed by atoms with E-state index in [0.717, 1.165) is 11.1 Å². The number of hydrogen-bond acceptors (Lipinski definition) is 6. The Balaban J connectivity index is 1.96. The van der Waals surface area contributed by atoms with E-state index in [2.05, 4.69) is 72.7 Å². The minimum atomic E-state index is -2.41. The van der Waals surface area contributed by atoms with Crippen LogP contribution in [0.4, 0.5) is 4.39 Å². The summed E-state index contributed by atoms with van der Waals surface area (Å²) in [5.74, 6) is 0.786. The molecule has 1 fully saturated rings. The first kappa shape index (κ1) is 32.7. The van der Waals surface area contributed by atoms with Crippen molar-refractivity contribution >= 4 is 16.6 Å². The molecule has 4 atom stereocenters. The van der Waals surface area contributed by atoms with Crippen molar-refractivity contribution in [3.63, 3.8) is 0 Å². The highest BCUT2D eigenvalue weighted by Gasteiger charge is 2.59. The van der Waals surface area contributed by atoms with Gasteiger partial charge in [0.05, 0.1) is 6.61 Å². The standard InChI is InChI=1S/C30H49FN2O5Si2/c1-20-15-14-16-21(2)24(20)37-23-17-18-33(27(34)32-23)26-30(9,31)25(38-40(12,13)29(6,7)8)22(36-26)19-35-39(10,11)28(3,4)5/h14-18,22,25-26H,19H2,1-13H3/t22-,25?,26-,30?/m1/s1. The molecule has 0 aliphatic carbocycles. The van der Waals surface area contributed by atoms with E-state index in [0.29, 0.717) is 5.75 Å². The third-order valence-electron chi connectivity index (χ3n) is 9.00. The van der Waals surface area contributed by atoms with Crippen molar-refractivity contribution in [3.05, 3.63) is 52.1 Å². The van der Waals surface area contributed by atoms with Crippen LogP contribution in [0.2, 0.25) is 36.3 Å². The minimum Gasteiger partial charge on any atom is -0.438 e. The molecule has 1 aliphatic heterocycles. The Morgan fingerprint density at radius 1 is 1.00 bits per heavy atom. The van der Waals surface area contributed by atoms with E-state index in [4.69, 9.17) is 18.3 Å². The zero-order valence-electron chi connectivity index (χ0n) is 26.6. The van der Waals surface area contributed by atoms with Crippen molar-refractivity contribution in [2.45, 2.75) is 123 Å². The maximum atomic E-state index is 16.9. The van der Waals surface area contributed by atoms with Gasteiger partial charge in [-0.3, -0.25) is 4.57 Å². The number of hydrogen-bond donors (Lipinski definition) is 0. The largest absolute Gasteiger partial charge is 0.438 e. The summed E-state index contributed by atoms with van der Waals surface area (Å²) in [4.78, 5) is 17.4. The zero-order valence-corrected chi connectivity index (χ0v) is 28.6. The van der Waals surface area contributed by atoms with Gasteiger partial charge in [-0.2, -0.15) is 4.98 Å². The van der Waals surface area contributed by atoms with Crippen LogP contribution in [0.5, 0.6) is 11.6 Å². The Morgan fingerprint density at radius 3 is 2.05 bits per heavy atom. The van der Waals surface area contributed by atoms with E-state index in [1.54, 1.807) is 6.07 Å². The molecular formula is C30H49FN2O5Si2. The van der Waals surface area contributed by atoms with E-state index in [9.17, 15) is 4.79 Å². The summed E-state index contributed by atoms with van der Waals surface area (Å²) >= 11 is 0. The summed E-state index contributed by atoms with van der Waals surface area (Å²) in [6, 6.07) is 7.36. The number of rotatable bonds is 8. The van der Waals surface area contributed by atoms with Gasteiger partial charge in [0.1, 0.15) is 18.0 Å². The van der Waals surface area contributed by atoms with Crippen molar-refractivity contribution in [2.24, 2.45) is 0 Å². The van der Waals surface area contributed by atoms with Gasteiger partial charge < -0.3 is 18.3 Å². The minimum absolute atomic E-state index is 0.0219. The molecule has 0 bridgehead atoms. The normalized spacial score (nSPS) is 24.4. The molecule has 0 saturated carbocycles. The van der Waals surface area contributed by atoms with Crippen LogP contribution in [-0.4, -0.2) is 50.7 Å². The van der Waals surface area contributed by atoms with E-state index < -0.39 is 46.4 Å². The molecule has 0 radical (unpaired) electrons. The van der Waals surface area contributed by atoms with Gasteiger partial charge in [-0.05, 0) is 68.2 Å². The van der Waals surface area contributed by atoms with E-state index in [-0.39, 0.29) is 22.6 Å². The lowest BCUT2D eigenvalue weighted by atomic mass is 9.98. The van der Waals surface area contributed by atoms with Gasteiger partial charge in [-0.15, -0.1) is 0 Å². The molecule has 1 saturated heterocycles. The lowest BCUT2D eigenvalue weighted by Gasteiger charge is -2.42. The maximum Gasteiger partial charge on any atom is 0.353 e. The molecule has 1 aliphatic rings. The Hall–Kier alpha value is -1.86. The van der Waals surface area contributed by atoms with Crippen LogP contribution in [0.1, 0.15) is 65.8 Å². The molecule has 1 aromatic carbocycles. The molecule has 0 N–H and O–H groups in total. The lowest BCUT2D eigenvalue weighted by molar-refractivity contribution is -0.0597. The second-order valence-electron chi connectivity index (χ2n) is 14.3. The summed E-state index contributed by atoms with van der Waals surface area (Å²) < 4.78 is 43.5. The van der Waals surface area contributed by atoms with Crippen molar-refractivity contribution in [1.82, 2.24) is 9.55 Å². The highest BCUT2D eigenvalue weighted by atomic mass is 28.4. The first-order valence-electron chi connectivity index (χ1n) is 14.1. The SMILES string of the molecule is Cc1cccc(C)c1Oc1ccn([C@@H]2O[C@H](CO[Si](C)(C)C(C)(C)C)C(O[Si](C)(C)C(C)(C)C)C2(C)F)c(=O)n1. The summed E-state index contributed by atoms with van der Waals surface area (Å²) in [5.41, 5.74) is -0.819. The molecule has 2 heterocycles. The van der Waals surface area contributed by atoms with Crippen molar-refractivity contribution in [3.8, 4) is 11.6 Å². The van der Waals surface area contributed by atoms with Crippen LogP contribution >= 0.6 is 0 Å². The van der Waals surface area contributed by atoms with Gasteiger partial charge in [0.25, 0.3) is 0 Å². The average Bonchev–Trinajstić information content (AvgIpc) is 3.03. The monoisotopic (exact) mass is 592 g/mol. The number of aromatic nitrogens is 2. The lowest BCUT2D eigenvalue weighted by Crippen LogP contribution is -2.53. The van der Waals surface area contributed by atoms with E-state index in [1.807, 2.05) is 32.0 Å². The molecule has 0 spiro atoms. The van der Waals surface area contributed by atoms with Gasteiger partial charge in [0.2, 0.25) is 5.88 Å². The Kier molecular flexibility index (Phi) is 9.05. The molecule has 224 valence electrons. The molecule has 7 nitrogen and oxygen atoms in total. The maximum absolute atomic E-state index is 16.9. The van der Waals surface area contributed by atoms with Crippen molar-refractivity contribution in [2.75, 3.05) is 6.61 Å². The smallest absolute Gasteiger partial charge is 0.353 e. The number of halogens is 1. The summed E-state index contributed by atoms with van der Waals surface area (Å²) in [6.07, 6.45) is -1.35. The number of nitrogens with zero attached hydrogens (tertiary/aromatic N) is 2. The molecule has 2 unspecified atom stereocenters. The summed E-state index contributed by atoms with van der Waals surface area (Å²) in [7, 11) is -4.56. The first-order chi connectivity index (χ1) is 18.1. The predicted molar refractivity (Wildman–Crippen MR) is 163 cm³/mol. The number of alkyl halides is 1. The van der Waals surface area contributed by atoms with Gasteiger partial charge in [-0.1, -0.05) is 59.7 Å². The Morgan fingerprint density at radius 2 is 1.55 bits per heavy atom. The number of aryl methyl sites for hydroxylation is 2. The summed E-state index contributed by atoms with van der Waals surface area (Å²) in [6.45, 7) is 26.8. The van der Waals surface area contributed by atoms with Crippen LogP contribution in [0.15, 0.2) is 35.3 Å². The number of para-hydroxylation sites is 1. The number of ether oxygens (including phenoxy) is 2. The second-order valence-corrected chi connectivity index (χ2v) is 23.9. The Bertz CT molecular complexity index is 1240. The molecule has 0 amide bonds. The van der Waals surface area contributed by atoms with Crippen LogP contribution < -0.4 is 10.4 Å². The Labute approximate surface area is 241 Å². The first-order valence-corrected chi connectivity index (χ1v) is 19.9. The van der Waals surface area contributed by atoms with Crippen LogP contribution in [0.25, 0.3) is 0 Å². The fraction of sp³-hybridized carbons (Fsp3) is 0.667. The van der Waals surface area contributed by atoms with E-state index >= 15 is 4.39 Å². The molecule has 2 aromatic rings. The molecular weight excluding hydrogens is 544 g/mol. The van der Waals surface area contributed by atoms with Crippen LogP contribution in [0.3, 0.4) is 0 Å². The molecule has 3 rings (SSSR count). The highest BCUT2D eigenvalue weighted by molar-refractivity contribution is 6.74. The fourth-order valence-electron chi connectivity index (χ4n) is 4.23. The van der Waals surface area contributed by atoms with Crippen molar-refractivity contribution in [1.29, 1.82) is 0 Å². The van der Waals surface area contributed by atoms with Crippen molar-refractivity contribution < 1.29 is 22.7 Å². The second kappa shape index (κ2) is 11.1. The predicted octanol–water partition coefficient (Wildman–Crippen LogP) is 7.69. The van der Waals surface area contributed by atoms with Crippen LogP contribution in [-0.2, 0) is 13.6 Å². The van der Waals surface area contributed by atoms with Gasteiger partial charge in [0.15, 0.2) is 28.5 Å². The van der Waals surface area contributed by atoms with Gasteiger partial charge in [-0.25, -0.2) is 9.18 Å². The quantitative estimate of drug-likeness (QED) is 0.293. The topological polar surface area (TPSA) is 71.8 Å². The fourth-order valence-corrected chi connectivity index (χ4v) is 6.61. The summed E-state index contributed by atoms with van der Waals surface area (Å²) in [5, 5.41) is -0.164. The highest BCUT2D eigenvalue weighted by Crippen LogP contribution is 2.47. The molecule has 10 heteroatoms. The van der Waals surface area contributed by atoms with Crippen LogP contribution in [0, 0.1) is 13.8 Å². The number of benzene rings is 1. The molecule has 40 heavy (non-hydrogen) atoms. The third-order valence-corrected chi connectivity index (χ3v) is 18.0. The van der Waals surface area contributed by atoms with E-state index in [1.165, 1.54) is 17.7 Å². The third kappa shape index (κ3) is 6.62. The molecule has 1 aromatic heterocycles. The zero-order chi connectivity index (χ0) is 30.5.